The van der Waals surface area contributed by atoms with Crippen LogP contribution in [0, 0.1) is 12.8 Å². The summed E-state index contributed by atoms with van der Waals surface area (Å²) in [6, 6.07) is 15.9. The third kappa shape index (κ3) is 4.19. The van der Waals surface area contributed by atoms with Gasteiger partial charge in [-0.1, -0.05) is 31.2 Å². The molecule has 0 bridgehead atoms. The summed E-state index contributed by atoms with van der Waals surface area (Å²) in [5.74, 6) is 1.95. The molecule has 0 spiro atoms. The summed E-state index contributed by atoms with van der Waals surface area (Å²) in [5.41, 5.74) is 4.21. The number of carboxylic acid groups (broad SMARTS) is 1. The summed E-state index contributed by atoms with van der Waals surface area (Å²) >= 11 is 0. The number of fused-ring (bicyclic) bond motifs is 1. The molecule has 150 valence electrons. The molecule has 1 aliphatic rings. The first-order valence-corrected chi connectivity index (χ1v) is 10.0. The molecule has 0 amide bonds. The van der Waals surface area contributed by atoms with Gasteiger partial charge in [-0.05, 0) is 60.6 Å². The van der Waals surface area contributed by atoms with E-state index >= 15 is 0 Å². The molecule has 2 unspecified atom stereocenters. The van der Waals surface area contributed by atoms with E-state index < -0.39 is 5.97 Å². The Balaban J connectivity index is 1.39. The molecule has 1 aromatic heterocycles. The fourth-order valence-electron chi connectivity index (χ4n) is 4.14. The third-order valence-electron chi connectivity index (χ3n) is 5.66. The maximum Gasteiger partial charge on any atom is 0.303 e. The minimum absolute atomic E-state index is 0.0886. The number of rotatable bonds is 7. The summed E-state index contributed by atoms with van der Waals surface area (Å²) in [6.07, 6.45) is 1.74. The lowest BCUT2D eigenvalue weighted by atomic mass is 9.91. The number of hydrogen-bond donors (Lipinski definition) is 1. The van der Waals surface area contributed by atoms with Crippen molar-refractivity contribution in [2.45, 2.75) is 39.0 Å². The zero-order valence-electron chi connectivity index (χ0n) is 16.7. The number of carboxylic acids is 1. The van der Waals surface area contributed by atoms with Crippen LogP contribution in [-0.4, -0.2) is 22.7 Å². The lowest BCUT2D eigenvalue weighted by Gasteiger charge is -2.14. The minimum Gasteiger partial charge on any atom is -0.493 e. The zero-order chi connectivity index (χ0) is 20.4. The molecule has 0 radical (unpaired) electrons. The molecule has 5 heteroatoms. The molecule has 2 atom stereocenters. The Morgan fingerprint density at radius 2 is 2.03 bits per heavy atom. The fourth-order valence-corrected chi connectivity index (χ4v) is 4.14. The highest BCUT2D eigenvalue weighted by molar-refractivity contribution is 5.68. The first kappa shape index (κ1) is 19.2. The maximum atomic E-state index is 11.1. The van der Waals surface area contributed by atoms with Gasteiger partial charge in [-0.2, -0.15) is 0 Å². The molecule has 0 saturated heterocycles. The monoisotopic (exact) mass is 391 g/mol. The van der Waals surface area contributed by atoms with Crippen molar-refractivity contribution < 1.29 is 19.1 Å². The average Bonchev–Trinajstić information content (AvgIpc) is 3.22. The van der Waals surface area contributed by atoms with Crippen molar-refractivity contribution in [2.75, 3.05) is 6.61 Å². The van der Waals surface area contributed by atoms with Crippen molar-refractivity contribution >= 4 is 5.97 Å². The van der Waals surface area contributed by atoms with Gasteiger partial charge >= 0.3 is 5.97 Å². The summed E-state index contributed by atoms with van der Waals surface area (Å²) in [4.78, 5) is 15.7. The number of aryl methyl sites for hydroxylation is 1. The van der Waals surface area contributed by atoms with Crippen LogP contribution in [0.25, 0.3) is 11.5 Å². The molecule has 29 heavy (non-hydrogen) atoms. The SMILES string of the molecule is Cc1oc(-c2ccccc2)nc1CCOc1ccc2c(c1)CC(C)C2CC(=O)O. The summed E-state index contributed by atoms with van der Waals surface area (Å²) < 4.78 is 11.8. The van der Waals surface area contributed by atoms with E-state index in [1.54, 1.807) is 0 Å². The number of oxazole rings is 1. The fraction of sp³-hybridized carbons (Fsp3) is 0.333. The van der Waals surface area contributed by atoms with E-state index in [-0.39, 0.29) is 12.3 Å². The minimum atomic E-state index is -0.743. The number of nitrogens with zero attached hydrogens (tertiary/aromatic N) is 1. The van der Waals surface area contributed by atoms with Crippen LogP contribution in [-0.2, 0) is 17.6 Å². The zero-order valence-corrected chi connectivity index (χ0v) is 16.7. The largest absolute Gasteiger partial charge is 0.493 e. The number of carbonyl (C=O) groups is 1. The molecule has 1 N–H and O–H groups in total. The highest BCUT2D eigenvalue weighted by Gasteiger charge is 2.31. The Labute approximate surface area is 170 Å². The van der Waals surface area contributed by atoms with Crippen molar-refractivity contribution in [1.82, 2.24) is 4.98 Å². The van der Waals surface area contributed by atoms with Crippen LogP contribution < -0.4 is 4.74 Å². The molecule has 2 aromatic carbocycles. The highest BCUT2D eigenvalue weighted by atomic mass is 16.5. The van der Waals surface area contributed by atoms with E-state index in [2.05, 4.69) is 18.0 Å². The van der Waals surface area contributed by atoms with Gasteiger partial charge in [0.2, 0.25) is 5.89 Å². The van der Waals surface area contributed by atoms with Crippen molar-refractivity contribution in [3.05, 3.63) is 71.1 Å². The van der Waals surface area contributed by atoms with Gasteiger partial charge < -0.3 is 14.3 Å². The van der Waals surface area contributed by atoms with Gasteiger partial charge in [0.15, 0.2) is 0 Å². The Morgan fingerprint density at radius 1 is 1.24 bits per heavy atom. The molecule has 1 aliphatic carbocycles. The molecule has 5 nitrogen and oxygen atoms in total. The van der Waals surface area contributed by atoms with E-state index in [0.29, 0.717) is 24.8 Å². The van der Waals surface area contributed by atoms with Crippen molar-refractivity contribution in [1.29, 1.82) is 0 Å². The van der Waals surface area contributed by atoms with Crippen LogP contribution in [0.3, 0.4) is 0 Å². The Kier molecular flexibility index (Phi) is 5.38. The van der Waals surface area contributed by atoms with Crippen molar-refractivity contribution in [2.24, 2.45) is 5.92 Å². The second-order valence-corrected chi connectivity index (χ2v) is 7.73. The van der Waals surface area contributed by atoms with E-state index in [9.17, 15) is 4.79 Å². The van der Waals surface area contributed by atoms with Gasteiger partial charge in [0, 0.05) is 12.0 Å². The molecular weight excluding hydrogens is 366 g/mol. The van der Waals surface area contributed by atoms with E-state index in [0.717, 1.165) is 34.8 Å². The van der Waals surface area contributed by atoms with Crippen LogP contribution in [0.1, 0.15) is 41.8 Å². The Bertz CT molecular complexity index is 1010. The molecular formula is C24H25NO4. The Morgan fingerprint density at radius 3 is 2.79 bits per heavy atom. The van der Waals surface area contributed by atoms with Gasteiger partial charge in [0.05, 0.1) is 18.7 Å². The van der Waals surface area contributed by atoms with Gasteiger partial charge in [-0.3, -0.25) is 4.79 Å². The average molecular weight is 391 g/mol. The molecule has 4 rings (SSSR count). The topological polar surface area (TPSA) is 72.6 Å². The predicted octanol–water partition coefficient (Wildman–Crippen LogP) is 5.02. The lowest BCUT2D eigenvalue weighted by Crippen LogP contribution is -2.09. The standard InChI is InChI=1S/C24H25NO4/c1-15-12-18-13-19(8-9-20(18)21(15)14-23(26)27)28-11-10-22-16(2)29-24(25-22)17-6-4-3-5-7-17/h3-9,13,15,21H,10-12,14H2,1-2H3,(H,26,27). The molecule has 0 fully saturated rings. The summed E-state index contributed by atoms with van der Waals surface area (Å²) in [7, 11) is 0. The first-order valence-electron chi connectivity index (χ1n) is 10.0. The van der Waals surface area contributed by atoms with E-state index in [1.807, 2.05) is 49.4 Å². The van der Waals surface area contributed by atoms with Crippen LogP contribution in [0.5, 0.6) is 5.75 Å². The smallest absolute Gasteiger partial charge is 0.303 e. The van der Waals surface area contributed by atoms with Gasteiger partial charge in [-0.15, -0.1) is 0 Å². The highest BCUT2D eigenvalue weighted by Crippen LogP contribution is 2.41. The number of ether oxygens (including phenoxy) is 1. The quantitative estimate of drug-likeness (QED) is 0.612. The van der Waals surface area contributed by atoms with Gasteiger partial charge in [0.25, 0.3) is 0 Å². The lowest BCUT2D eigenvalue weighted by molar-refractivity contribution is -0.137. The van der Waals surface area contributed by atoms with Crippen LogP contribution in [0.4, 0.5) is 0 Å². The van der Waals surface area contributed by atoms with Crippen molar-refractivity contribution in [3.8, 4) is 17.2 Å². The number of aliphatic carboxylic acids is 1. The third-order valence-corrected chi connectivity index (χ3v) is 5.66. The van der Waals surface area contributed by atoms with E-state index in [4.69, 9.17) is 14.3 Å². The second-order valence-electron chi connectivity index (χ2n) is 7.73. The van der Waals surface area contributed by atoms with Crippen LogP contribution in [0.15, 0.2) is 52.9 Å². The number of benzene rings is 2. The molecule has 0 aliphatic heterocycles. The summed E-state index contributed by atoms with van der Waals surface area (Å²) in [5, 5.41) is 9.15. The maximum absolute atomic E-state index is 11.1. The van der Waals surface area contributed by atoms with Gasteiger partial charge in [-0.25, -0.2) is 4.98 Å². The van der Waals surface area contributed by atoms with Crippen LogP contribution >= 0.6 is 0 Å². The van der Waals surface area contributed by atoms with E-state index in [1.165, 1.54) is 5.56 Å². The Hall–Kier alpha value is -3.08. The molecule has 1 heterocycles. The molecule has 3 aromatic rings. The van der Waals surface area contributed by atoms with Crippen molar-refractivity contribution in [3.63, 3.8) is 0 Å². The number of aromatic nitrogens is 1. The summed E-state index contributed by atoms with van der Waals surface area (Å²) in [6.45, 7) is 4.55. The number of hydrogen-bond acceptors (Lipinski definition) is 4. The van der Waals surface area contributed by atoms with Crippen LogP contribution in [0.2, 0.25) is 0 Å². The van der Waals surface area contributed by atoms with Gasteiger partial charge in [0.1, 0.15) is 11.5 Å². The first-order chi connectivity index (χ1) is 14.0. The predicted molar refractivity (Wildman–Crippen MR) is 110 cm³/mol. The normalized spacial score (nSPS) is 17.9. The molecule has 0 saturated carbocycles. The second kappa shape index (κ2) is 8.11.